The van der Waals surface area contributed by atoms with Gasteiger partial charge in [0.2, 0.25) is 5.88 Å². The van der Waals surface area contributed by atoms with Crippen LogP contribution in [0.2, 0.25) is 0 Å². The first-order valence-electron chi connectivity index (χ1n) is 8.08. The molecule has 0 bridgehead atoms. The molecule has 1 fully saturated rings. The van der Waals surface area contributed by atoms with Gasteiger partial charge < -0.3 is 14.4 Å². The van der Waals surface area contributed by atoms with E-state index < -0.39 is 0 Å². The first kappa shape index (κ1) is 16.2. The van der Waals surface area contributed by atoms with E-state index in [0.717, 1.165) is 12.8 Å². The lowest BCUT2D eigenvalue weighted by Gasteiger charge is -2.32. The molecule has 2 aromatic heterocycles. The Morgan fingerprint density at radius 3 is 2.83 bits per heavy atom. The Morgan fingerprint density at radius 1 is 1.29 bits per heavy atom. The number of likely N-dealkylation sites (tertiary alicyclic amines) is 1. The van der Waals surface area contributed by atoms with E-state index in [-0.39, 0.29) is 12.0 Å². The van der Waals surface area contributed by atoms with Crippen molar-refractivity contribution < 1.29 is 14.3 Å². The number of carbonyl (C=O) groups is 1. The average molecular weight is 328 g/mol. The minimum absolute atomic E-state index is 0.0483. The van der Waals surface area contributed by atoms with Gasteiger partial charge in [-0.25, -0.2) is 15.0 Å². The second kappa shape index (κ2) is 7.72. The molecule has 0 N–H and O–H groups in total. The van der Waals surface area contributed by atoms with E-state index in [1.807, 2.05) is 6.92 Å². The SMILES string of the molecule is CCOc1ccc(C(=O)N2CCCC(Oc3ncccn3)C2)cn1. The van der Waals surface area contributed by atoms with Crippen LogP contribution in [0.25, 0.3) is 0 Å². The zero-order valence-corrected chi connectivity index (χ0v) is 13.6. The van der Waals surface area contributed by atoms with Crippen LogP contribution in [0.15, 0.2) is 36.8 Å². The van der Waals surface area contributed by atoms with Crippen LogP contribution in [-0.4, -0.2) is 51.6 Å². The molecule has 1 atom stereocenters. The Balaban J connectivity index is 1.62. The molecule has 0 radical (unpaired) electrons. The van der Waals surface area contributed by atoms with Gasteiger partial charge in [0.05, 0.1) is 18.7 Å². The van der Waals surface area contributed by atoms with E-state index >= 15 is 0 Å². The van der Waals surface area contributed by atoms with Crippen molar-refractivity contribution in [2.45, 2.75) is 25.9 Å². The van der Waals surface area contributed by atoms with E-state index in [2.05, 4.69) is 15.0 Å². The Kier molecular flexibility index (Phi) is 5.20. The standard InChI is InChI=1S/C17H20N4O3/c1-2-23-15-7-6-13(11-20-15)16(22)21-10-3-5-14(12-21)24-17-18-8-4-9-19-17/h4,6-9,11,14H,2-3,5,10,12H2,1H3. The Labute approximate surface area is 140 Å². The molecule has 7 nitrogen and oxygen atoms in total. The van der Waals surface area contributed by atoms with Crippen molar-refractivity contribution in [3.63, 3.8) is 0 Å². The van der Waals surface area contributed by atoms with Gasteiger partial charge in [0.15, 0.2) is 0 Å². The lowest BCUT2D eigenvalue weighted by molar-refractivity contribution is 0.0515. The lowest BCUT2D eigenvalue weighted by atomic mass is 10.1. The average Bonchev–Trinajstić information content (AvgIpc) is 2.63. The highest BCUT2D eigenvalue weighted by Gasteiger charge is 2.26. The van der Waals surface area contributed by atoms with Crippen molar-refractivity contribution in [1.82, 2.24) is 19.9 Å². The number of ether oxygens (including phenoxy) is 2. The maximum Gasteiger partial charge on any atom is 0.316 e. The summed E-state index contributed by atoms with van der Waals surface area (Å²) in [5, 5.41) is 0. The summed E-state index contributed by atoms with van der Waals surface area (Å²) in [7, 11) is 0. The van der Waals surface area contributed by atoms with Crippen molar-refractivity contribution in [2.24, 2.45) is 0 Å². The summed E-state index contributed by atoms with van der Waals surface area (Å²) < 4.78 is 11.1. The van der Waals surface area contributed by atoms with Crippen LogP contribution in [0.5, 0.6) is 11.9 Å². The van der Waals surface area contributed by atoms with Crippen molar-refractivity contribution in [3.05, 3.63) is 42.4 Å². The van der Waals surface area contributed by atoms with Crippen LogP contribution in [0.4, 0.5) is 0 Å². The predicted octanol–water partition coefficient (Wildman–Crippen LogP) is 1.95. The van der Waals surface area contributed by atoms with Crippen LogP contribution in [0.3, 0.4) is 0 Å². The smallest absolute Gasteiger partial charge is 0.316 e. The van der Waals surface area contributed by atoms with E-state index in [0.29, 0.717) is 37.2 Å². The summed E-state index contributed by atoms with van der Waals surface area (Å²) in [6.07, 6.45) is 6.50. The molecule has 0 aliphatic carbocycles. The van der Waals surface area contributed by atoms with Crippen molar-refractivity contribution in [2.75, 3.05) is 19.7 Å². The van der Waals surface area contributed by atoms with E-state index in [1.54, 1.807) is 41.7 Å². The summed E-state index contributed by atoms with van der Waals surface area (Å²) >= 11 is 0. The molecule has 1 unspecified atom stereocenters. The minimum Gasteiger partial charge on any atom is -0.478 e. The maximum atomic E-state index is 12.6. The number of carbonyl (C=O) groups excluding carboxylic acids is 1. The molecule has 3 heterocycles. The minimum atomic E-state index is -0.0965. The van der Waals surface area contributed by atoms with Gasteiger partial charge in [-0.1, -0.05) is 0 Å². The third-order valence-electron chi connectivity index (χ3n) is 3.76. The first-order chi connectivity index (χ1) is 11.8. The maximum absolute atomic E-state index is 12.6. The second-order valence-corrected chi connectivity index (χ2v) is 5.48. The molecular formula is C17H20N4O3. The summed E-state index contributed by atoms with van der Waals surface area (Å²) in [6, 6.07) is 5.54. The van der Waals surface area contributed by atoms with Gasteiger partial charge in [-0.05, 0) is 31.9 Å². The molecule has 24 heavy (non-hydrogen) atoms. The number of aromatic nitrogens is 3. The first-order valence-corrected chi connectivity index (χ1v) is 8.08. The molecule has 0 saturated carbocycles. The molecular weight excluding hydrogens is 308 g/mol. The normalized spacial score (nSPS) is 17.4. The van der Waals surface area contributed by atoms with Gasteiger partial charge in [-0.3, -0.25) is 4.79 Å². The zero-order chi connectivity index (χ0) is 16.8. The molecule has 2 aromatic rings. The highest BCUT2D eigenvalue weighted by Crippen LogP contribution is 2.18. The molecule has 3 rings (SSSR count). The third kappa shape index (κ3) is 3.98. The van der Waals surface area contributed by atoms with E-state index in [9.17, 15) is 4.79 Å². The number of hydrogen-bond acceptors (Lipinski definition) is 6. The fourth-order valence-corrected chi connectivity index (χ4v) is 2.64. The molecule has 1 aliphatic rings. The fourth-order valence-electron chi connectivity index (χ4n) is 2.64. The molecule has 7 heteroatoms. The summed E-state index contributed by atoms with van der Waals surface area (Å²) in [4.78, 5) is 26.7. The molecule has 126 valence electrons. The highest BCUT2D eigenvalue weighted by molar-refractivity contribution is 5.94. The number of rotatable bonds is 5. The second-order valence-electron chi connectivity index (χ2n) is 5.48. The van der Waals surface area contributed by atoms with Gasteiger partial charge >= 0.3 is 6.01 Å². The summed E-state index contributed by atoms with van der Waals surface area (Å²) in [6.45, 7) is 3.67. The monoisotopic (exact) mass is 328 g/mol. The van der Waals surface area contributed by atoms with Crippen molar-refractivity contribution >= 4 is 5.91 Å². The quantitative estimate of drug-likeness (QED) is 0.835. The number of hydrogen-bond donors (Lipinski definition) is 0. The van der Waals surface area contributed by atoms with Gasteiger partial charge in [0.25, 0.3) is 5.91 Å². The number of piperidine rings is 1. The summed E-state index contributed by atoms with van der Waals surface area (Å²) in [5.74, 6) is 0.475. The number of amides is 1. The molecule has 0 spiro atoms. The Hall–Kier alpha value is -2.70. The summed E-state index contributed by atoms with van der Waals surface area (Å²) in [5.41, 5.74) is 0.551. The van der Waals surface area contributed by atoms with Crippen LogP contribution in [-0.2, 0) is 0 Å². The van der Waals surface area contributed by atoms with E-state index in [4.69, 9.17) is 9.47 Å². The van der Waals surface area contributed by atoms with Crippen LogP contribution >= 0.6 is 0 Å². The fraction of sp³-hybridized carbons (Fsp3) is 0.412. The topological polar surface area (TPSA) is 77.4 Å². The Morgan fingerprint density at radius 2 is 2.12 bits per heavy atom. The van der Waals surface area contributed by atoms with E-state index in [1.165, 1.54) is 0 Å². The number of pyridine rings is 1. The van der Waals surface area contributed by atoms with Gasteiger partial charge in [-0.2, -0.15) is 0 Å². The van der Waals surface area contributed by atoms with Crippen molar-refractivity contribution in [1.29, 1.82) is 0 Å². The van der Waals surface area contributed by atoms with Crippen molar-refractivity contribution in [3.8, 4) is 11.9 Å². The molecule has 1 saturated heterocycles. The van der Waals surface area contributed by atoms with Gasteiger partial charge in [0, 0.05) is 31.2 Å². The third-order valence-corrected chi connectivity index (χ3v) is 3.76. The lowest BCUT2D eigenvalue weighted by Crippen LogP contribution is -2.44. The predicted molar refractivity (Wildman–Crippen MR) is 87.0 cm³/mol. The van der Waals surface area contributed by atoms with Crippen LogP contribution < -0.4 is 9.47 Å². The highest BCUT2D eigenvalue weighted by atomic mass is 16.5. The molecule has 1 amide bonds. The largest absolute Gasteiger partial charge is 0.478 e. The van der Waals surface area contributed by atoms with Crippen LogP contribution in [0.1, 0.15) is 30.1 Å². The number of nitrogens with zero attached hydrogens (tertiary/aromatic N) is 4. The molecule has 0 aromatic carbocycles. The van der Waals surface area contributed by atoms with Gasteiger partial charge in [0.1, 0.15) is 6.10 Å². The Bertz CT molecular complexity index is 663. The van der Waals surface area contributed by atoms with Gasteiger partial charge in [-0.15, -0.1) is 0 Å². The van der Waals surface area contributed by atoms with Crippen LogP contribution in [0, 0.1) is 0 Å². The molecule has 1 aliphatic heterocycles. The zero-order valence-electron chi connectivity index (χ0n) is 13.6.